The molecule has 0 radical (unpaired) electrons. The van der Waals surface area contributed by atoms with E-state index in [0.29, 0.717) is 30.9 Å². The summed E-state index contributed by atoms with van der Waals surface area (Å²) >= 11 is 0. The van der Waals surface area contributed by atoms with Gasteiger partial charge in [-0.05, 0) is 53.8 Å². The predicted molar refractivity (Wildman–Crippen MR) is 237 cm³/mol. The average molecular weight is 842 g/mol. The Morgan fingerprint density at radius 3 is 1.82 bits per heavy atom. The molecule has 1 aliphatic heterocycles. The van der Waals surface area contributed by atoms with E-state index in [2.05, 4.69) is 17.2 Å². The van der Waals surface area contributed by atoms with Crippen molar-refractivity contribution >= 4 is 5.91 Å². The Labute approximate surface area is 360 Å². The number of H-pyrrole nitrogens is 1. The minimum Gasteiger partial charge on any atom is -0.497 e. The lowest BCUT2D eigenvalue weighted by Gasteiger charge is -2.37. The second-order valence-corrected chi connectivity index (χ2v) is 15.9. The molecule has 0 bridgehead atoms. The van der Waals surface area contributed by atoms with Gasteiger partial charge in [0.2, 0.25) is 5.91 Å². The number of ether oxygens (including phenoxy) is 5. The number of carbonyl (C=O) groups excluding carboxylic acids is 1. The number of methoxy groups -OCH3 is 2. The first-order valence-electron chi connectivity index (χ1n) is 22.3. The standard InChI is InChI=1S/C49H67N3O9/c1-4-5-6-7-8-9-10-11-12-13-14-15-19-23-43(53)50-33-20-35-59-46-45(55)42(61-47(46)52-34-32-44(54)51-48(52)56)36-60-49(37-21-17-16-18-22-37,38-24-28-40(57-2)29-25-38)39-26-30-41(58-3)31-27-39/h16-18,21-22,24-32,34,42,45-47,55H,4-15,19-20,23,33,35-36H2,1-3H3,(H,50,53)(H,51,54,56)/t42-,45?,46+,47-/m1/s1. The Bertz CT molecular complexity index is 1920. The number of benzene rings is 3. The normalized spacial score (nSPS) is 17.6. The first-order chi connectivity index (χ1) is 29.8. The van der Waals surface area contributed by atoms with Crippen molar-refractivity contribution in [2.24, 2.45) is 0 Å². The molecule has 332 valence electrons. The summed E-state index contributed by atoms with van der Waals surface area (Å²) in [5.74, 6) is 1.37. The van der Waals surface area contributed by atoms with Crippen molar-refractivity contribution in [3.63, 3.8) is 0 Å². The summed E-state index contributed by atoms with van der Waals surface area (Å²) < 4.78 is 31.8. The molecule has 1 fully saturated rings. The summed E-state index contributed by atoms with van der Waals surface area (Å²) in [5, 5.41) is 14.8. The number of aliphatic hydroxyl groups excluding tert-OH is 1. The second kappa shape index (κ2) is 25.2. The lowest BCUT2D eigenvalue weighted by Crippen LogP contribution is -2.41. The minimum atomic E-state index is -1.23. The maximum absolute atomic E-state index is 13.0. The highest BCUT2D eigenvalue weighted by Gasteiger charge is 2.48. The number of unbranched alkanes of at least 4 members (excludes halogenated alkanes) is 12. The molecule has 1 amide bonds. The molecule has 0 spiro atoms. The number of nitrogens with zero attached hydrogens (tertiary/aromatic N) is 1. The number of amides is 1. The molecule has 1 aromatic heterocycles. The van der Waals surface area contributed by atoms with E-state index in [1.807, 2.05) is 78.9 Å². The zero-order valence-electron chi connectivity index (χ0n) is 36.4. The van der Waals surface area contributed by atoms with Gasteiger partial charge in [0.15, 0.2) is 6.23 Å². The molecule has 12 heteroatoms. The van der Waals surface area contributed by atoms with Crippen LogP contribution in [0.3, 0.4) is 0 Å². The Kier molecular flexibility index (Phi) is 19.6. The van der Waals surface area contributed by atoms with E-state index in [1.54, 1.807) is 14.2 Å². The molecule has 1 aliphatic rings. The first-order valence-corrected chi connectivity index (χ1v) is 22.3. The van der Waals surface area contributed by atoms with Gasteiger partial charge < -0.3 is 34.1 Å². The van der Waals surface area contributed by atoms with Crippen molar-refractivity contribution < 1.29 is 33.6 Å². The summed E-state index contributed by atoms with van der Waals surface area (Å²) in [7, 11) is 3.22. The third-order valence-electron chi connectivity index (χ3n) is 11.5. The third kappa shape index (κ3) is 13.6. The van der Waals surface area contributed by atoms with E-state index >= 15 is 0 Å². The molecule has 0 saturated carbocycles. The molecule has 4 aromatic rings. The largest absolute Gasteiger partial charge is 0.497 e. The Hall–Kier alpha value is -4.75. The van der Waals surface area contributed by atoms with Crippen LogP contribution in [0.15, 0.2) is 101 Å². The molecular weight excluding hydrogens is 775 g/mol. The molecule has 61 heavy (non-hydrogen) atoms. The summed E-state index contributed by atoms with van der Waals surface area (Å²) in [6, 6.07) is 26.2. The minimum absolute atomic E-state index is 0.0119. The van der Waals surface area contributed by atoms with Crippen molar-refractivity contribution in [3.8, 4) is 11.5 Å². The van der Waals surface area contributed by atoms with Crippen LogP contribution in [0, 0.1) is 0 Å². The maximum Gasteiger partial charge on any atom is 0.330 e. The van der Waals surface area contributed by atoms with E-state index in [9.17, 15) is 19.5 Å². The molecule has 3 N–H and O–H groups in total. The lowest BCUT2D eigenvalue weighted by molar-refractivity contribution is -0.121. The van der Waals surface area contributed by atoms with Crippen molar-refractivity contribution in [1.82, 2.24) is 14.9 Å². The van der Waals surface area contributed by atoms with Gasteiger partial charge in [-0.1, -0.05) is 139 Å². The van der Waals surface area contributed by atoms with E-state index in [0.717, 1.165) is 36.0 Å². The second-order valence-electron chi connectivity index (χ2n) is 15.9. The van der Waals surface area contributed by atoms with Crippen LogP contribution in [0.5, 0.6) is 11.5 Å². The monoisotopic (exact) mass is 841 g/mol. The fraction of sp³-hybridized carbons (Fsp3) is 0.531. The molecule has 2 heterocycles. The van der Waals surface area contributed by atoms with Gasteiger partial charge in [0, 0.05) is 31.8 Å². The van der Waals surface area contributed by atoms with Gasteiger partial charge in [0.05, 0.1) is 20.8 Å². The summed E-state index contributed by atoms with van der Waals surface area (Å²) in [6.45, 7) is 2.72. The van der Waals surface area contributed by atoms with E-state index in [1.165, 1.54) is 81.0 Å². The Morgan fingerprint density at radius 2 is 1.28 bits per heavy atom. The molecule has 1 unspecified atom stereocenters. The molecule has 12 nitrogen and oxygen atoms in total. The number of rotatable bonds is 28. The fourth-order valence-corrected chi connectivity index (χ4v) is 8.08. The number of nitrogens with one attached hydrogen (secondary N) is 2. The van der Waals surface area contributed by atoms with Crippen LogP contribution in [0.1, 0.15) is 126 Å². The zero-order chi connectivity index (χ0) is 43.3. The van der Waals surface area contributed by atoms with Crippen molar-refractivity contribution in [1.29, 1.82) is 0 Å². The molecule has 3 aromatic carbocycles. The van der Waals surface area contributed by atoms with Crippen molar-refractivity contribution in [2.45, 2.75) is 133 Å². The third-order valence-corrected chi connectivity index (χ3v) is 11.5. The van der Waals surface area contributed by atoms with Gasteiger partial charge in [0.25, 0.3) is 5.56 Å². The number of hydrogen-bond donors (Lipinski definition) is 3. The smallest absolute Gasteiger partial charge is 0.330 e. The lowest BCUT2D eigenvalue weighted by atomic mass is 9.80. The number of carbonyl (C=O) groups is 1. The van der Waals surface area contributed by atoms with Gasteiger partial charge in [-0.3, -0.25) is 19.1 Å². The highest BCUT2D eigenvalue weighted by Crippen LogP contribution is 2.43. The van der Waals surface area contributed by atoms with Gasteiger partial charge in [-0.15, -0.1) is 0 Å². The SMILES string of the molecule is CCCCCCCCCCCCCCCC(=O)NCCCO[C@H]1C(O)[C@@H](COC(c2ccccc2)(c2ccc(OC)cc2)c2ccc(OC)cc2)O[C@H]1n1ccc(=O)[nH]c1=O. The van der Waals surface area contributed by atoms with Crippen molar-refractivity contribution in [3.05, 3.63) is 129 Å². The van der Waals surface area contributed by atoms with Crippen LogP contribution < -0.4 is 26.0 Å². The predicted octanol–water partition coefficient (Wildman–Crippen LogP) is 8.19. The fourth-order valence-electron chi connectivity index (χ4n) is 8.08. The van der Waals surface area contributed by atoms with Gasteiger partial charge in [-0.2, -0.15) is 0 Å². The quantitative estimate of drug-likeness (QED) is 0.0380. The van der Waals surface area contributed by atoms with Crippen LogP contribution in [0.4, 0.5) is 0 Å². The average Bonchev–Trinajstić information content (AvgIpc) is 3.59. The van der Waals surface area contributed by atoms with Gasteiger partial charge >= 0.3 is 5.69 Å². The van der Waals surface area contributed by atoms with E-state index in [-0.39, 0.29) is 19.1 Å². The first kappa shape index (κ1) is 47.3. The van der Waals surface area contributed by atoms with Crippen LogP contribution in [0.25, 0.3) is 0 Å². The van der Waals surface area contributed by atoms with E-state index in [4.69, 9.17) is 23.7 Å². The van der Waals surface area contributed by atoms with E-state index < -0.39 is 41.4 Å². The van der Waals surface area contributed by atoms with Crippen LogP contribution >= 0.6 is 0 Å². The summed E-state index contributed by atoms with van der Waals surface area (Å²) in [6.07, 6.45) is 14.4. The number of aliphatic hydroxyl groups is 1. The molecule has 1 saturated heterocycles. The zero-order valence-corrected chi connectivity index (χ0v) is 36.4. The summed E-state index contributed by atoms with van der Waals surface area (Å²) in [4.78, 5) is 39.9. The number of aromatic amines is 1. The Morgan fingerprint density at radius 1 is 0.738 bits per heavy atom. The van der Waals surface area contributed by atoms with Crippen LogP contribution in [0.2, 0.25) is 0 Å². The molecule has 5 rings (SSSR count). The van der Waals surface area contributed by atoms with Gasteiger partial charge in [-0.25, -0.2) is 4.79 Å². The highest BCUT2D eigenvalue weighted by molar-refractivity contribution is 5.75. The molecule has 0 aliphatic carbocycles. The van der Waals surface area contributed by atoms with Gasteiger partial charge in [0.1, 0.15) is 35.4 Å². The van der Waals surface area contributed by atoms with Crippen molar-refractivity contribution in [2.75, 3.05) is 34.0 Å². The Balaban J connectivity index is 1.19. The highest BCUT2D eigenvalue weighted by atomic mass is 16.6. The topological polar surface area (TPSA) is 150 Å². The summed E-state index contributed by atoms with van der Waals surface area (Å²) in [5.41, 5.74) is -0.00930. The number of aromatic nitrogens is 2. The maximum atomic E-state index is 13.0. The number of hydrogen-bond acceptors (Lipinski definition) is 9. The molecular formula is C49H67N3O9. The molecule has 4 atom stereocenters. The van der Waals surface area contributed by atoms with Crippen LogP contribution in [-0.4, -0.2) is 72.9 Å². The van der Waals surface area contributed by atoms with Crippen LogP contribution in [-0.2, 0) is 24.6 Å².